The van der Waals surface area contributed by atoms with Crippen LogP contribution in [0.15, 0.2) is 53.5 Å². The molecular formula is C17H12FN3O. The normalized spacial score (nSPS) is 14.2. The van der Waals surface area contributed by atoms with Gasteiger partial charge < -0.3 is 10.3 Å². The van der Waals surface area contributed by atoms with Crippen LogP contribution in [-0.2, 0) is 4.79 Å². The smallest absolute Gasteiger partial charge is 0.246 e. The molecule has 1 aliphatic rings. The first-order valence-electron chi connectivity index (χ1n) is 6.94. The second kappa shape index (κ2) is 4.80. The summed E-state index contributed by atoms with van der Waals surface area (Å²) in [6, 6.07) is 14.1. The van der Waals surface area contributed by atoms with Gasteiger partial charge in [-0.15, -0.1) is 0 Å². The Morgan fingerprint density at radius 1 is 1.05 bits per heavy atom. The lowest BCUT2D eigenvalue weighted by Crippen LogP contribution is -2.13. The molecule has 0 radical (unpaired) electrons. The summed E-state index contributed by atoms with van der Waals surface area (Å²) >= 11 is 0. The summed E-state index contributed by atoms with van der Waals surface area (Å²) in [4.78, 5) is 19.5. The summed E-state index contributed by atoms with van der Waals surface area (Å²) in [5.41, 5.74) is 3.01. The molecule has 0 saturated carbocycles. The van der Waals surface area contributed by atoms with Crippen LogP contribution in [-0.4, -0.2) is 23.1 Å². The van der Waals surface area contributed by atoms with Crippen LogP contribution >= 0.6 is 0 Å². The van der Waals surface area contributed by atoms with Gasteiger partial charge in [0.1, 0.15) is 12.4 Å². The van der Waals surface area contributed by atoms with Gasteiger partial charge in [-0.25, -0.2) is 4.39 Å². The number of nitrogens with zero attached hydrogens (tertiary/aromatic N) is 1. The summed E-state index contributed by atoms with van der Waals surface area (Å²) in [6.45, 7) is -0.0273. The minimum atomic E-state index is -0.361. The molecule has 4 nitrogen and oxygen atoms in total. The predicted octanol–water partition coefficient (Wildman–Crippen LogP) is 3.10. The maximum absolute atomic E-state index is 14.2. The average Bonchev–Trinajstić information content (AvgIpc) is 2.79. The van der Waals surface area contributed by atoms with E-state index in [-0.39, 0.29) is 18.3 Å². The summed E-state index contributed by atoms with van der Waals surface area (Å²) in [5, 5.41) is 3.74. The Labute approximate surface area is 125 Å². The minimum Gasteiger partial charge on any atom is -0.351 e. The van der Waals surface area contributed by atoms with Crippen molar-refractivity contribution in [2.45, 2.75) is 0 Å². The fourth-order valence-corrected chi connectivity index (χ4v) is 2.73. The molecule has 0 atom stereocenters. The van der Waals surface area contributed by atoms with E-state index < -0.39 is 0 Å². The van der Waals surface area contributed by atoms with Crippen LogP contribution < -0.4 is 5.32 Å². The molecular weight excluding hydrogens is 281 g/mol. The number of carbonyl (C=O) groups excluding carboxylic acids is 1. The van der Waals surface area contributed by atoms with Gasteiger partial charge in [0.25, 0.3) is 0 Å². The largest absolute Gasteiger partial charge is 0.351 e. The number of H-pyrrole nitrogens is 1. The number of anilines is 1. The van der Waals surface area contributed by atoms with Gasteiger partial charge in [-0.05, 0) is 18.2 Å². The SMILES string of the molecule is O=C1CN=C(c2ccccc2F)c2[nH]c3ccccc3c2N1. The molecule has 0 spiro atoms. The number of carbonyl (C=O) groups is 1. The first-order chi connectivity index (χ1) is 10.7. The maximum Gasteiger partial charge on any atom is 0.246 e. The molecule has 0 fully saturated rings. The molecule has 1 aliphatic heterocycles. The van der Waals surface area contributed by atoms with Crippen molar-refractivity contribution in [1.29, 1.82) is 0 Å². The van der Waals surface area contributed by atoms with Crippen molar-refractivity contribution >= 4 is 28.2 Å². The van der Waals surface area contributed by atoms with Crippen molar-refractivity contribution < 1.29 is 9.18 Å². The highest BCUT2D eigenvalue weighted by Gasteiger charge is 2.23. The van der Waals surface area contributed by atoms with Crippen LogP contribution in [0.1, 0.15) is 11.3 Å². The quantitative estimate of drug-likeness (QED) is 0.711. The molecule has 0 saturated heterocycles. The minimum absolute atomic E-state index is 0.0273. The van der Waals surface area contributed by atoms with Crippen molar-refractivity contribution in [2.24, 2.45) is 4.99 Å². The highest BCUT2D eigenvalue weighted by atomic mass is 19.1. The van der Waals surface area contributed by atoms with Gasteiger partial charge in [-0.2, -0.15) is 0 Å². The fraction of sp³-hybridized carbons (Fsp3) is 0.0588. The third kappa shape index (κ3) is 1.90. The van der Waals surface area contributed by atoms with Crippen molar-refractivity contribution in [1.82, 2.24) is 4.98 Å². The van der Waals surface area contributed by atoms with Crippen molar-refractivity contribution in [3.8, 4) is 0 Å². The molecule has 2 N–H and O–H groups in total. The van der Waals surface area contributed by atoms with Gasteiger partial charge >= 0.3 is 0 Å². The number of aromatic amines is 1. The second-order valence-corrected chi connectivity index (χ2v) is 5.11. The van der Waals surface area contributed by atoms with E-state index in [0.29, 0.717) is 22.7 Å². The summed E-state index contributed by atoms with van der Waals surface area (Å²) < 4.78 is 14.2. The molecule has 4 rings (SSSR count). The molecule has 22 heavy (non-hydrogen) atoms. The van der Waals surface area contributed by atoms with Crippen LogP contribution in [0.3, 0.4) is 0 Å². The highest BCUT2D eigenvalue weighted by molar-refractivity contribution is 6.22. The van der Waals surface area contributed by atoms with Crippen LogP contribution in [0.25, 0.3) is 10.9 Å². The molecule has 1 aromatic heterocycles. The number of fused-ring (bicyclic) bond motifs is 3. The van der Waals surface area contributed by atoms with Gasteiger partial charge in [0.15, 0.2) is 0 Å². The molecule has 3 aromatic rings. The molecule has 0 bridgehead atoms. The molecule has 0 aliphatic carbocycles. The van der Waals surface area contributed by atoms with Crippen molar-refractivity contribution in [3.05, 3.63) is 65.6 Å². The molecule has 108 valence electrons. The fourth-order valence-electron chi connectivity index (χ4n) is 2.73. The zero-order chi connectivity index (χ0) is 15.1. The Balaban J connectivity index is 2.02. The first kappa shape index (κ1) is 12.8. The number of hydrogen-bond donors (Lipinski definition) is 2. The van der Waals surface area contributed by atoms with E-state index in [1.54, 1.807) is 18.2 Å². The lowest BCUT2D eigenvalue weighted by Gasteiger charge is -2.06. The van der Waals surface area contributed by atoms with Crippen LogP contribution in [0.2, 0.25) is 0 Å². The molecule has 1 amide bonds. The summed E-state index contributed by atoms with van der Waals surface area (Å²) in [6.07, 6.45) is 0. The van der Waals surface area contributed by atoms with Gasteiger partial charge in [-0.3, -0.25) is 9.79 Å². The third-order valence-electron chi connectivity index (χ3n) is 3.72. The van der Waals surface area contributed by atoms with E-state index in [9.17, 15) is 9.18 Å². The van der Waals surface area contributed by atoms with Gasteiger partial charge in [-0.1, -0.05) is 30.3 Å². The molecule has 2 aromatic carbocycles. The van der Waals surface area contributed by atoms with E-state index >= 15 is 0 Å². The standard InChI is InChI=1S/C17H12FN3O/c18-12-7-3-1-5-10(12)15-17-16(21-14(22)9-19-15)11-6-2-4-8-13(11)20-17/h1-8,20H,9H2,(H,21,22). The monoisotopic (exact) mass is 293 g/mol. The molecule has 0 unspecified atom stereocenters. The van der Waals surface area contributed by atoms with Crippen molar-refractivity contribution in [3.63, 3.8) is 0 Å². The highest BCUT2D eigenvalue weighted by Crippen LogP contribution is 2.31. The average molecular weight is 293 g/mol. The zero-order valence-electron chi connectivity index (χ0n) is 11.6. The van der Waals surface area contributed by atoms with Crippen molar-refractivity contribution in [2.75, 3.05) is 11.9 Å². The third-order valence-corrected chi connectivity index (χ3v) is 3.72. The summed E-state index contributed by atoms with van der Waals surface area (Å²) in [5.74, 6) is -0.572. The Kier molecular flexibility index (Phi) is 2.79. The Bertz CT molecular complexity index is 927. The van der Waals surface area contributed by atoms with E-state index in [1.807, 2.05) is 24.3 Å². The number of rotatable bonds is 1. The second-order valence-electron chi connectivity index (χ2n) is 5.11. The first-order valence-corrected chi connectivity index (χ1v) is 6.94. The Morgan fingerprint density at radius 2 is 1.82 bits per heavy atom. The summed E-state index contributed by atoms with van der Waals surface area (Å²) in [7, 11) is 0. The Hall–Kier alpha value is -2.95. The topological polar surface area (TPSA) is 57.2 Å². The predicted molar refractivity (Wildman–Crippen MR) is 83.8 cm³/mol. The number of halogens is 1. The zero-order valence-corrected chi connectivity index (χ0v) is 11.6. The van der Waals surface area contributed by atoms with Crippen LogP contribution in [0, 0.1) is 5.82 Å². The van der Waals surface area contributed by atoms with E-state index in [1.165, 1.54) is 6.07 Å². The number of para-hydroxylation sites is 1. The van der Waals surface area contributed by atoms with Crippen LogP contribution in [0.4, 0.5) is 10.1 Å². The number of aliphatic imine (C=N–C) groups is 1. The van der Waals surface area contributed by atoms with E-state index in [0.717, 1.165) is 10.9 Å². The maximum atomic E-state index is 14.2. The number of benzene rings is 2. The van der Waals surface area contributed by atoms with Gasteiger partial charge in [0, 0.05) is 16.5 Å². The lowest BCUT2D eigenvalue weighted by molar-refractivity contribution is -0.114. The van der Waals surface area contributed by atoms with Gasteiger partial charge in [0.05, 0.1) is 17.1 Å². The number of aromatic nitrogens is 1. The van der Waals surface area contributed by atoms with E-state index in [4.69, 9.17) is 0 Å². The Morgan fingerprint density at radius 3 is 2.68 bits per heavy atom. The number of hydrogen-bond acceptors (Lipinski definition) is 2. The molecule has 2 heterocycles. The molecule has 5 heteroatoms. The number of nitrogens with one attached hydrogen (secondary N) is 2. The lowest BCUT2D eigenvalue weighted by atomic mass is 10.1. The number of amides is 1. The van der Waals surface area contributed by atoms with Gasteiger partial charge in [0.2, 0.25) is 5.91 Å². The van der Waals surface area contributed by atoms with E-state index in [2.05, 4.69) is 15.3 Å². The van der Waals surface area contributed by atoms with Crippen LogP contribution in [0.5, 0.6) is 0 Å².